The van der Waals surface area contributed by atoms with E-state index >= 15 is 0 Å². The molecule has 2 heterocycles. The molecule has 2 aromatic carbocycles. The molecule has 3 aromatic rings. The summed E-state index contributed by atoms with van der Waals surface area (Å²) in [6, 6.07) is 16.8. The van der Waals surface area contributed by atoms with Crippen LogP contribution in [0, 0.1) is 0 Å². The van der Waals surface area contributed by atoms with E-state index in [0.717, 1.165) is 33.7 Å². The number of nitrogens with two attached hydrogens (primary N) is 1. The van der Waals surface area contributed by atoms with Crippen molar-refractivity contribution in [3.05, 3.63) is 76.0 Å². The van der Waals surface area contributed by atoms with Crippen molar-refractivity contribution in [2.75, 3.05) is 11.4 Å². The summed E-state index contributed by atoms with van der Waals surface area (Å²) in [5.41, 5.74) is 9.63. The minimum Gasteiger partial charge on any atom is -0.352 e. The van der Waals surface area contributed by atoms with Crippen LogP contribution in [0.5, 0.6) is 0 Å². The van der Waals surface area contributed by atoms with Crippen molar-refractivity contribution in [3.8, 4) is 11.1 Å². The van der Waals surface area contributed by atoms with E-state index in [0.29, 0.717) is 25.1 Å². The summed E-state index contributed by atoms with van der Waals surface area (Å²) >= 11 is 1.63. The first-order valence-corrected chi connectivity index (χ1v) is 13.5. The molecule has 7 nitrogen and oxygen atoms in total. The maximum Gasteiger partial charge on any atom is 0.251 e. The highest BCUT2D eigenvalue weighted by atomic mass is 32.1. The van der Waals surface area contributed by atoms with E-state index in [-0.39, 0.29) is 24.1 Å². The normalized spacial score (nSPS) is 15.6. The Labute approximate surface area is 222 Å². The van der Waals surface area contributed by atoms with E-state index < -0.39 is 11.6 Å². The van der Waals surface area contributed by atoms with Crippen molar-refractivity contribution >= 4 is 34.7 Å². The number of hydrogen-bond donors (Lipinski definition) is 3. The molecule has 0 saturated carbocycles. The van der Waals surface area contributed by atoms with Gasteiger partial charge < -0.3 is 21.3 Å². The van der Waals surface area contributed by atoms with Crippen LogP contribution in [-0.2, 0) is 22.6 Å². The van der Waals surface area contributed by atoms with Crippen LogP contribution in [0.3, 0.4) is 0 Å². The number of carbonyl (C=O) groups is 3. The molecule has 4 N–H and O–H groups in total. The minimum absolute atomic E-state index is 0.103. The van der Waals surface area contributed by atoms with Gasteiger partial charge in [0.25, 0.3) is 5.91 Å². The van der Waals surface area contributed by atoms with Crippen LogP contribution in [0.2, 0.25) is 0 Å². The average molecular weight is 519 g/mol. The predicted molar refractivity (Wildman–Crippen MR) is 149 cm³/mol. The van der Waals surface area contributed by atoms with Gasteiger partial charge in [-0.05, 0) is 67.8 Å². The highest BCUT2D eigenvalue weighted by molar-refractivity contribution is 7.10. The fourth-order valence-electron chi connectivity index (χ4n) is 4.58. The van der Waals surface area contributed by atoms with E-state index in [9.17, 15) is 14.4 Å². The van der Waals surface area contributed by atoms with Crippen LogP contribution in [0.1, 0.15) is 54.4 Å². The number of benzene rings is 2. The molecule has 0 spiro atoms. The van der Waals surface area contributed by atoms with Crippen molar-refractivity contribution in [2.24, 2.45) is 5.73 Å². The Morgan fingerprint density at radius 2 is 1.84 bits per heavy atom. The van der Waals surface area contributed by atoms with Gasteiger partial charge in [0.05, 0.1) is 12.2 Å². The summed E-state index contributed by atoms with van der Waals surface area (Å²) in [4.78, 5) is 41.6. The molecule has 37 heavy (non-hydrogen) atoms. The van der Waals surface area contributed by atoms with Gasteiger partial charge in [-0.15, -0.1) is 11.3 Å². The molecule has 8 heteroatoms. The zero-order chi connectivity index (χ0) is 26.6. The Hall–Kier alpha value is -3.49. The van der Waals surface area contributed by atoms with Gasteiger partial charge in [0, 0.05) is 28.9 Å². The summed E-state index contributed by atoms with van der Waals surface area (Å²) in [5.74, 6) is -0.439. The van der Waals surface area contributed by atoms with Gasteiger partial charge >= 0.3 is 0 Å². The Balaban J connectivity index is 1.56. The lowest BCUT2D eigenvalue weighted by Gasteiger charge is -2.26. The largest absolute Gasteiger partial charge is 0.352 e. The molecule has 0 saturated heterocycles. The first-order valence-electron chi connectivity index (χ1n) is 12.6. The van der Waals surface area contributed by atoms with Gasteiger partial charge in [0.2, 0.25) is 11.8 Å². The lowest BCUT2D eigenvalue weighted by molar-refractivity contribution is -0.128. The molecular weight excluding hydrogens is 484 g/mol. The summed E-state index contributed by atoms with van der Waals surface area (Å²) in [7, 11) is 0. The Morgan fingerprint density at radius 3 is 2.54 bits per heavy atom. The number of amides is 3. The number of thiophene rings is 1. The zero-order valence-electron chi connectivity index (χ0n) is 21.5. The van der Waals surface area contributed by atoms with E-state index in [2.05, 4.69) is 10.6 Å². The van der Waals surface area contributed by atoms with Gasteiger partial charge in [-0.2, -0.15) is 0 Å². The Kier molecular flexibility index (Phi) is 8.10. The van der Waals surface area contributed by atoms with Crippen molar-refractivity contribution < 1.29 is 14.4 Å². The van der Waals surface area contributed by atoms with Crippen molar-refractivity contribution in [2.45, 2.75) is 58.2 Å². The maximum atomic E-state index is 13.6. The number of aryl methyl sites for hydroxylation is 1. The molecule has 194 valence electrons. The number of nitrogens with one attached hydrogen (secondary N) is 2. The number of nitrogens with zero attached hydrogens (tertiary/aromatic N) is 1. The number of rotatable bonds is 8. The molecule has 0 aliphatic carbocycles. The Morgan fingerprint density at radius 1 is 1.11 bits per heavy atom. The van der Waals surface area contributed by atoms with Crippen LogP contribution in [0.4, 0.5) is 5.69 Å². The standard InChI is InChI=1S/C29H34N4O3S/c1-4-31-27(35)22-8-6-5-7-21(22)20-11-9-19(10-12-20)18-33-24-15-16-37-25(24)14-13-23(28(33)36)32-26(34)17-29(2,3)30/h5-12,15-16,23H,4,13-14,17-18,30H2,1-3H3,(H,31,35)(H,32,34). The second-order valence-corrected chi connectivity index (χ2v) is 11.1. The number of hydrogen-bond acceptors (Lipinski definition) is 5. The van der Waals surface area contributed by atoms with Gasteiger partial charge in [-0.1, -0.05) is 42.5 Å². The van der Waals surface area contributed by atoms with E-state index in [4.69, 9.17) is 5.73 Å². The lowest BCUT2D eigenvalue weighted by atomic mass is 9.98. The molecule has 0 radical (unpaired) electrons. The van der Waals surface area contributed by atoms with Gasteiger partial charge in [-0.25, -0.2) is 0 Å². The molecule has 1 aliphatic heterocycles. The van der Waals surface area contributed by atoms with E-state index in [1.165, 1.54) is 0 Å². The molecule has 0 fully saturated rings. The average Bonchev–Trinajstić information content (AvgIpc) is 3.28. The molecule has 0 bridgehead atoms. The van der Waals surface area contributed by atoms with Gasteiger partial charge in [0.15, 0.2) is 0 Å². The van der Waals surface area contributed by atoms with E-state index in [1.807, 2.05) is 66.9 Å². The summed E-state index contributed by atoms with van der Waals surface area (Å²) < 4.78 is 0. The minimum atomic E-state index is -0.645. The molecule has 3 amide bonds. The topological polar surface area (TPSA) is 105 Å². The predicted octanol–water partition coefficient (Wildman–Crippen LogP) is 4.26. The summed E-state index contributed by atoms with van der Waals surface area (Å²) in [6.45, 7) is 6.43. The number of carbonyl (C=O) groups excluding carboxylic acids is 3. The zero-order valence-corrected chi connectivity index (χ0v) is 22.4. The molecule has 1 aromatic heterocycles. The highest BCUT2D eigenvalue weighted by Crippen LogP contribution is 2.33. The van der Waals surface area contributed by atoms with Crippen molar-refractivity contribution in [3.63, 3.8) is 0 Å². The van der Waals surface area contributed by atoms with Gasteiger partial charge in [0.1, 0.15) is 6.04 Å². The Bertz CT molecular complexity index is 1280. The van der Waals surface area contributed by atoms with Crippen LogP contribution in [-0.4, -0.2) is 35.8 Å². The SMILES string of the molecule is CCNC(=O)c1ccccc1-c1ccc(CN2C(=O)C(NC(=O)CC(C)(C)N)CCc3sccc32)cc1. The number of fused-ring (bicyclic) bond motifs is 1. The lowest BCUT2D eigenvalue weighted by Crippen LogP contribution is -2.49. The van der Waals surface area contributed by atoms with Gasteiger partial charge in [-0.3, -0.25) is 14.4 Å². The molecule has 1 unspecified atom stereocenters. The van der Waals surface area contributed by atoms with Crippen LogP contribution >= 0.6 is 11.3 Å². The molecule has 4 rings (SSSR count). The van der Waals surface area contributed by atoms with Crippen LogP contribution in [0.15, 0.2) is 60.0 Å². The quantitative estimate of drug-likeness (QED) is 0.415. The fourth-order valence-corrected chi connectivity index (χ4v) is 5.48. The fraction of sp³-hybridized carbons (Fsp3) is 0.345. The molecular formula is C29H34N4O3S. The highest BCUT2D eigenvalue weighted by Gasteiger charge is 2.32. The smallest absolute Gasteiger partial charge is 0.251 e. The first kappa shape index (κ1) is 26.6. The number of anilines is 1. The third kappa shape index (κ3) is 6.45. The van der Waals surface area contributed by atoms with Crippen molar-refractivity contribution in [1.82, 2.24) is 10.6 Å². The molecule has 1 atom stereocenters. The second-order valence-electron chi connectivity index (χ2n) is 10.1. The monoisotopic (exact) mass is 518 g/mol. The third-order valence-corrected chi connectivity index (χ3v) is 7.27. The van der Waals surface area contributed by atoms with Crippen LogP contribution < -0.4 is 21.3 Å². The second kappa shape index (κ2) is 11.3. The summed E-state index contributed by atoms with van der Waals surface area (Å²) in [5, 5.41) is 7.79. The van der Waals surface area contributed by atoms with Crippen LogP contribution in [0.25, 0.3) is 11.1 Å². The van der Waals surface area contributed by atoms with E-state index in [1.54, 1.807) is 30.1 Å². The summed E-state index contributed by atoms with van der Waals surface area (Å²) in [6.07, 6.45) is 1.43. The molecule has 1 aliphatic rings. The third-order valence-electron chi connectivity index (χ3n) is 6.30. The maximum absolute atomic E-state index is 13.6. The van der Waals surface area contributed by atoms with Crippen molar-refractivity contribution in [1.29, 1.82) is 0 Å². The first-order chi connectivity index (χ1) is 17.7.